The smallest absolute Gasteiger partial charge is 0.242 e. The zero-order valence-electron chi connectivity index (χ0n) is 10.5. The van der Waals surface area contributed by atoms with Crippen LogP contribution in [0.4, 0.5) is 0 Å². The first-order chi connectivity index (χ1) is 8.15. The number of methoxy groups -OCH3 is 1. The summed E-state index contributed by atoms with van der Waals surface area (Å²) in [7, 11) is 1.73. The minimum absolute atomic E-state index is 0.0929. The molecule has 2 fully saturated rings. The van der Waals surface area contributed by atoms with E-state index in [1.807, 2.05) is 4.90 Å². The fourth-order valence-electron chi connectivity index (χ4n) is 2.56. The number of hydrogen-bond acceptors (Lipinski definition) is 4. The van der Waals surface area contributed by atoms with Crippen molar-refractivity contribution < 1.29 is 14.3 Å². The molecule has 0 radical (unpaired) electrons. The van der Waals surface area contributed by atoms with Crippen LogP contribution in [0, 0.1) is 0 Å². The molecule has 17 heavy (non-hydrogen) atoms. The SMILES string of the molecule is COC1CCN(C(=O)C2(N)CCOCC2)CC1. The van der Waals surface area contributed by atoms with Crippen LogP contribution >= 0.6 is 0 Å². The quantitative estimate of drug-likeness (QED) is 0.747. The van der Waals surface area contributed by atoms with Gasteiger partial charge in [-0.3, -0.25) is 4.79 Å². The van der Waals surface area contributed by atoms with Crippen molar-refractivity contribution in [1.29, 1.82) is 0 Å². The molecule has 0 atom stereocenters. The molecule has 0 aromatic carbocycles. The number of nitrogens with two attached hydrogens (primary N) is 1. The summed E-state index contributed by atoms with van der Waals surface area (Å²) in [5.41, 5.74) is 5.50. The Labute approximate surface area is 102 Å². The van der Waals surface area contributed by atoms with Crippen molar-refractivity contribution in [3.63, 3.8) is 0 Å². The molecule has 5 nitrogen and oxygen atoms in total. The third-order valence-corrected chi connectivity index (χ3v) is 3.87. The van der Waals surface area contributed by atoms with Gasteiger partial charge in [0.15, 0.2) is 0 Å². The molecule has 2 N–H and O–H groups in total. The molecule has 0 saturated carbocycles. The van der Waals surface area contributed by atoms with E-state index in [2.05, 4.69) is 0 Å². The Bertz CT molecular complexity index is 269. The zero-order valence-corrected chi connectivity index (χ0v) is 10.5. The molecule has 2 aliphatic heterocycles. The van der Waals surface area contributed by atoms with Gasteiger partial charge in [-0.1, -0.05) is 0 Å². The monoisotopic (exact) mass is 242 g/mol. The van der Waals surface area contributed by atoms with Gasteiger partial charge in [0.25, 0.3) is 0 Å². The maximum absolute atomic E-state index is 12.4. The number of ether oxygens (including phenoxy) is 2. The van der Waals surface area contributed by atoms with Gasteiger partial charge in [-0.15, -0.1) is 0 Å². The number of hydrogen-bond donors (Lipinski definition) is 1. The van der Waals surface area contributed by atoms with E-state index < -0.39 is 5.54 Å². The average Bonchev–Trinajstić information content (AvgIpc) is 2.39. The molecule has 2 saturated heterocycles. The second-order valence-corrected chi connectivity index (χ2v) is 5.00. The Kier molecular flexibility index (Phi) is 4.01. The molecule has 0 bridgehead atoms. The third kappa shape index (κ3) is 2.78. The van der Waals surface area contributed by atoms with Crippen LogP contribution in [0.2, 0.25) is 0 Å². The third-order valence-electron chi connectivity index (χ3n) is 3.87. The number of nitrogens with zero attached hydrogens (tertiary/aromatic N) is 1. The summed E-state index contributed by atoms with van der Waals surface area (Å²) in [4.78, 5) is 14.3. The first-order valence-corrected chi connectivity index (χ1v) is 6.34. The second-order valence-electron chi connectivity index (χ2n) is 5.00. The molecule has 2 heterocycles. The van der Waals surface area contributed by atoms with Gasteiger partial charge >= 0.3 is 0 Å². The van der Waals surface area contributed by atoms with Crippen molar-refractivity contribution >= 4 is 5.91 Å². The summed E-state index contributed by atoms with van der Waals surface area (Å²) < 4.78 is 10.6. The minimum atomic E-state index is -0.696. The van der Waals surface area contributed by atoms with Crippen LogP contribution < -0.4 is 5.73 Å². The number of carbonyl (C=O) groups is 1. The van der Waals surface area contributed by atoms with Crippen molar-refractivity contribution in [2.75, 3.05) is 33.4 Å². The maximum atomic E-state index is 12.4. The Morgan fingerprint density at radius 2 is 1.94 bits per heavy atom. The predicted octanol–water partition coefficient (Wildman–Crippen LogP) is 0.132. The molecule has 98 valence electrons. The Morgan fingerprint density at radius 1 is 1.35 bits per heavy atom. The summed E-state index contributed by atoms with van der Waals surface area (Å²) in [6.45, 7) is 2.71. The summed E-state index contributed by atoms with van der Waals surface area (Å²) in [6.07, 6.45) is 3.39. The summed E-state index contributed by atoms with van der Waals surface area (Å²) in [5.74, 6) is 0.0929. The van der Waals surface area contributed by atoms with Crippen LogP contribution in [0.15, 0.2) is 0 Å². The Morgan fingerprint density at radius 3 is 2.47 bits per heavy atom. The van der Waals surface area contributed by atoms with Crippen molar-refractivity contribution in [2.24, 2.45) is 5.73 Å². The van der Waals surface area contributed by atoms with Gasteiger partial charge in [0, 0.05) is 33.4 Å². The Balaban J connectivity index is 1.91. The topological polar surface area (TPSA) is 64.8 Å². The molecule has 0 spiro atoms. The fraction of sp³-hybridized carbons (Fsp3) is 0.917. The van der Waals surface area contributed by atoms with E-state index in [4.69, 9.17) is 15.2 Å². The Hall–Kier alpha value is -0.650. The van der Waals surface area contributed by atoms with E-state index in [-0.39, 0.29) is 5.91 Å². The number of rotatable bonds is 2. The molecule has 0 aromatic rings. The summed E-state index contributed by atoms with van der Waals surface area (Å²) >= 11 is 0. The lowest BCUT2D eigenvalue weighted by Gasteiger charge is -2.39. The summed E-state index contributed by atoms with van der Waals surface area (Å²) in [5, 5.41) is 0. The molecule has 2 aliphatic rings. The van der Waals surface area contributed by atoms with Crippen LogP contribution in [-0.2, 0) is 14.3 Å². The van der Waals surface area contributed by atoms with Gasteiger partial charge in [-0.25, -0.2) is 0 Å². The molecule has 0 aliphatic carbocycles. The standard InChI is InChI=1S/C12H22N2O3/c1-16-10-2-6-14(7-3-10)11(15)12(13)4-8-17-9-5-12/h10H,2-9,13H2,1H3. The zero-order chi connectivity index (χ0) is 12.3. The fourth-order valence-corrected chi connectivity index (χ4v) is 2.56. The van der Waals surface area contributed by atoms with E-state index in [0.717, 1.165) is 25.9 Å². The van der Waals surface area contributed by atoms with Crippen molar-refractivity contribution in [1.82, 2.24) is 4.90 Å². The molecular formula is C12H22N2O3. The van der Waals surface area contributed by atoms with Gasteiger partial charge < -0.3 is 20.1 Å². The van der Waals surface area contributed by atoms with Gasteiger partial charge in [0.2, 0.25) is 5.91 Å². The second kappa shape index (κ2) is 5.33. The van der Waals surface area contributed by atoms with Gasteiger partial charge in [0.1, 0.15) is 0 Å². The van der Waals surface area contributed by atoms with Gasteiger partial charge in [0.05, 0.1) is 11.6 Å². The van der Waals surface area contributed by atoms with Crippen LogP contribution in [0.25, 0.3) is 0 Å². The highest BCUT2D eigenvalue weighted by Crippen LogP contribution is 2.23. The van der Waals surface area contributed by atoms with E-state index >= 15 is 0 Å². The molecular weight excluding hydrogens is 220 g/mol. The molecule has 1 amide bonds. The summed E-state index contributed by atoms with van der Waals surface area (Å²) in [6, 6.07) is 0. The average molecular weight is 242 g/mol. The van der Waals surface area contributed by atoms with Gasteiger partial charge in [-0.2, -0.15) is 0 Å². The van der Waals surface area contributed by atoms with E-state index in [1.54, 1.807) is 7.11 Å². The largest absolute Gasteiger partial charge is 0.381 e. The number of likely N-dealkylation sites (tertiary alicyclic amines) is 1. The predicted molar refractivity (Wildman–Crippen MR) is 63.6 cm³/mol. The van der Waals surface area contributed by atoms with Crippen molar-refractivity contribution in [3.05, 3.63) is 0 Å². The van der Waals surface area contributed by atoms with Crippen LogP contribution in [0.1, 0.15) is 25.7 Å². The molecule has 0 unspecified atom stereocenters. The van der Waals surface area contributed by atoms with Gasteiger partial charge in [-0.05, 0) is 25.7 Å². The maximum Gasteiger partial charge on any atom is 0.242 e. The van der Waals surface area contributed by atoms with E-state index in [1.165, 1.54) is 0 Å². The number of carbonyl (C=O) groups excluding carboxylic acids is 1. The van der Waals surface area contributed by atoms with E-state index in [9.17, 15) is 4.79 Å². The first-order valence-electron chi connectivity index (χ1n) is 6.34. The highest BCUT2D eigenvalue weighted by molar-refractivity contribution is 5.86. The lowest BCUT2D eigenvalue weighted by molar-refractivity contribution is -0.142. The highest BCUT2D eigenvalue weighted by atomic mass is 16.5. The lowest BCUT2D eigenvalue weighted by atomic mass is 9.89. The number of piperidine rings is 1. The molecule has 2 rings (SSSR count). The van der Waals surface area contributed by atoms with E-state index in [0.29, 0.717) is 32.2 Å². The van der Waals surface area contributed by atoms with Crippen LogP contribution in [0.3, 0.4) is 0 Å². The van der Waals surface area contributed by atoms with Crippen molar-refractivity contribution in [2.45, 2.75) is 37.3 Å². The molecule has 0 aromatic heterocycles. The first kappa shape index (κ1) is 12.8. The lowest BCUT2D eigenvalue weighted by Crippen LogP contribution is -2.59. The molecule has 5 heteroatoms. The highest BCUT2D eigenvalue weighted by Gasteiger charge is 2.39. The van der Waals surface area contributed by atoms with Crippen molar-refractivity contribution in [3.8, 4) is 0 Å². The number of amides is 1. The van der Waals surface area contributed by atoms with Crippen LogP contribution in [-0.4, -0.2) is 55.9 Å². The normalized spacial score (nSPS) is 25.9. The van der Waals surface area contributed by atoms with Crippen LogP contribution in [0.5, 0.6) is 0 Å². The minimum Gasteiger partial charge on any atom is -0.381 e.